The predicted molar refractivity (Wildman–Crippen MR) is 81.9 cm³/mol. The molecule has 0 heterocycles. The molecule has 118 valence electrons. The van der Waals surface area contributed by atoms with Crippen molar-refractivity contribution < 1.29 is 18.9 Å². The van der Waals surface area contributed by atoms with Crippen LogP contribution in [0.25, 0.3) is 0 Å². The van der Waals surface area contributed by atoms with Gasteiger partial charge in [0.05, 0.1) is 17.9 Å². The lowest BCUT2D eigenvalue weighted by Gasteiger charge is -2.14. The lowest BCUT2D eigenvalue weighted by molar-refractivity contribution is -0.128. The van der Waals surface area contributed by atoms with Crippen molar-refractivity contribution in [2.45, 2.75) is 49.2 Å². The van der Waals surface area contributed by atoms with Gasteiger partial charge in [-0.2, -0.15) is 0 Å². The first kappa shape index (κ1) is 17.7. The van der Waals surface area contributed by atoms with Crippen molar-refractivity contribution in [1.82, 2.24) is 5.48 Å². The summed E-state index contributed by atoms with van der Waals surface area (Å²) >= 11 is 0. The third-order valence-electron chi connectivity index (χ3n) is 3.27. The zero-order chi connectivity index (χ0) is 15.7. The van der Waals surface area contributed by atoms with E-state index in [1.165, 1.54) is 0 Å². The fourth-order valence-corrected chi connectivity index (χ4v) is 3.40. The van der Waals surface area contributed by atoms with Gasteiger partial charge in [-0.05, 0) is 30.7 Å². The lowest BCUT2D eigenvalue weighted by Crippen LogP contribution is -2.35. The molecule has 0 aliphatic heterocycles. The Morgan fingerprint density at radius 2 is 1.95 bits per heavy atom. The van der Waals surface area contributed by atoms with Gasteiger partial charge in [0.15, 0.2) is 0 Å². The summed E-state index contributed by atoms with van der Waals surface area (Å²) in [5, 5.41) is 8.10. The van der Waals surface area contributed by atoms with E-state index in [-0.39, 0.29) is 0 Å². The second-order valence-corrected chi connectivity index (χ2v) is 6.42. The number of benzene rings is 1. The SMILES string of the molecule is CCCCCC[C@@H](C(=O)NO)[S@@](=O)c1ccc(OC)cc1. The van der Waals surface area contributed by atoms with E-state index >= 15 is 0 Å². The Hall–Kier alpha value is -1.40. The number of carbonyl (C=O) groups excluding carboxylic acids is 1. The fraction of sp³-hybridized carbons (Fsp3) is 0.533. The molecule has 21 heavy (non-hydrogen) atoms. The minimum absolute atomic E-state index is 0.491. The molecule has 0 aliphatic rings. The van der Waals surface area contributed by atoms with Gasteiger partial charge in [-0.3, -0.25) is 14.2 Å². The van der Waals surface area contributed by atoms with Crippen molar-refractivity contribution in [3.05, 3.63) is 24.3 Å². The minimum atomic E-state index is -1.49. The first-order chi connectivity index (χ1) is 10.1. The first-order valence-electron chi connectivity index (χ1n) is 7.12. The number of nitrogens with one attached hydrogen (secondary N) is 1. The molecule has 0 saturated heterocycles. The highest BCUT2D eigenvalue weighted by Gasteiger charge is 2.25. The molecule has 0 spiro atoms. The van der Waals surface area contributed by atoms with Gasteiger partial charge in [0.2, 0.25) is 0 Å². The molecule has 6 heteroatoms. The number of hydrogen-bond acceptors (Lipinski definition) is 4. The molecule has 2 N–H and O–H groups in total. The Labute approximate surface area is 128 Å². The van der Waals surface area contributed by atoms with Crippen LogP contribution in [0.15, 0.2) is 29.2 Å². The van der Waals surface area contributed by atoms with Crippen LogP contribution in [0.1, 0.15) is 39.0 Å². The molecule has 0 bridgehead atoms. The van der Waals surface area contributed by atoms with Crippen LogP contribution < -0.4 is 10.2 Å². The summed E-state index contributed by atoms with van der Waals surface area (Å²) in [4.78, 5) is 12.3. The number of hydrogen-bond donors (Lipinski definition) is 2. The van der Waals surface area contributed by atoms with E-state index in [0.717, 1.165) is 25.7 Å². The number of ether oxygens (including phenoxy) is 1. The molecular weight excluding hydrogens is 290 g/mol. The molecule has 0 radical (unpaired) electrons. The van der Waals surface area contributed by atoms with Gasteiger partial charge >= 0.3 is 0 Å². The summed E-state index contributed by atoms with van der Waals surface area (Å²) in [5.74, 6) is 0.0718. The fourth-order valence-electron chi connectivity index (χ4n) is 2.04. The van der Waals surface area contributed by atoms with Gasteiger partial charge in [0.25, 0.3) is 5.91 Å². The lowest BCUT2D eigenvalue weighted by atomic mass is 10.1. The zero-order valence-corrected chi connectivity index (χ0v) is 13.3. The Bertz CT molecular complexity index is 461. The largest absolute Gasteiger partial charge is 0.497 e. The summed E-state index contributed by atoms with van der Waals surface area (Å²) in [6, 6.07) is 6.77. The topological polar surface area (TPSA) is 75.6 Å². The van der Waals surface area contributed by atoms with Crippen LogP contribution >= 0.6 is 0 Å². The van der Waals surface area contributed by atoms with Crippen molar-refractivity contribution >= 4 is 16.7 Å². The van der Waals surface area contributed by atoms with Gasteiger partial charge in [0.1, 0.15) is 11.0 Å². The maximum atomic E-state index is 12.5. The molecular formula is C15H23NO4S. The first-order valence-corrected chi connectivity index (χ1v) is 8.33. The summed E-state index contributed by atoms with van der Waals surface area (Å²) < 4.78 is 17.6. The number of hydroxylamine groups is 1. The van der Waals surface area contributed by atoms with E-state index < -0.39 is 22.0 Å². The second kappa shape index (κ2) is 9.52. The van der Waals surface area contributed by atoms with Crippen molar-refractivity contribution in [1.29, 1.82) is 0 Å². The highest BCUT2D eigenvalue weighted by molar-refractivity contribution is 7.86. The molecule has 1 aromatic rings. The smallest absolute Gasteiger partial charge is 0.259 e. The van der Waals surface area contributed by atoms with Crippen LogP contribution in [0.2, 0.25) is 0 Å². The van der Waals surface area contributed by atoms with Crippen molar-refractivity contribution in [2.24, 2.45) is 0 Å². The minimum Gasteiger partial charge on any atom is -0.497 e. The van der Waals surface area contributed by atoms with Gasteiger partial charge in [0, 0.05) is 4.90 Å². The summed E-state index contributed by atoms with van der Waals surface area (Å²) in [6.07, 6.45) is 4.48. The van der Waals surface area contributed by atoms with E-state index in [4.69, 9.17) is 9.94 Å². The van der Waals surface area contributed by atoms with Crippen molar-refractivity contribution in [2.75, 3.05) is 7.11 Å². The summed E-state index contributed by atoms with van der Waals surface area (Å²) in [5.41, 5.74) is 1.62. The Balaban J connectivity index is 2.75. The molecule has 1 aromatic carbocycles. The number of methoxy groups -OCH3 is 1. The van der Waals surface area contributed by atoms with Gasteiger partial charge in [-0.1, -0.05) is 32.6 Å². The van der Waals surface area contributed by atoms with Crippen LogP contribution in [0, 0.1) is 0 Å². The maximum absolute atomic E-state index is 12.5. The van der Waals surface area contributed by atoms with E-state index in [0.29, 0.717) is 17.1 Å². The third-order valence-corrected chi connectivity index (χ3v) is 4.98. The average molecular weight is 313 g/mol. The normalized spacial score (nSPS) is 13.5. The monoisotopic (exact) mass is 313 g/mol. The van der Waals surface area contributed by atoms with Gasteiger partial charge < -0.3 is 4.74 Å². The predicted octanol–water partition coefficient (Wildman–Crippen LogP) is 2.65. The molecule has 0 fully saturated rings. The van der Waals surface area contributed by atoms with Crippen LogP contribution in [0.4, 0.5) is 0 Å². The summed E-state index contributed by atoms with van der Waals surface area (Å²) in [6.45, 7) is 2.10. The van der Waals surface area contributed by atoms with Crippen molar-refractivity contribution in [3.63, 3.8) is 0 Å². The van der Waals surface area contributed by atoms with Crippen molar-refractivity contribution in [3.8, 4) is 5.75 Å². The van der Waals surface area contributed by atoms with E-state index in [2.05, 4.69) is 6.92 Å². The number of rotatable bonds is 9. The summed E-state index contributed by atoms with van der Waals surface area (Å²) in [7, 11) is 0.0628. The molecule has 5 nitrogen and oxygen atoms in total. The number of unbranched alkanes of at least 4 members (excludes halogenated alkanes) is 3. The average Bonchev–Trinajstić information content (AvgIpc) is 2.54. The van der Waals surface area contributed by atoms with Gasteiger partial charge in [-0.15, -0.1) is 0 Å². The molecule has 0 unspecified atom stereocenters. The van der Waals surface area contributed by atoms with E-state index in [1.54, 1.807) is 36.9 Å². The standard InChI is InChI=1S/C15H23NO4S/c1-3-4-5-6-7-14(15(17)16-18)21(19)13-10-8-12(20-2)9-11-13/h8-11,14,18H,3-7H2,1-2H3,(H,16,17)/t14-,21-/m0/s1. The quantitative estimate of drug-likeness (QED) is 0.417. The molecule has 0 aliphatic carbocycles. The number of amides is 1. The highest BCUT2D eigenvalue weighted by atomic mass is 32.2. The van der Waals surface area contributed by atoms with Crippen LogP contribution in [0.3, 0.4) is 0 Å². The highest BCUT2D eigenvalue weighted by Crippen LogP contribution is 2.20. The Morgan fingerprint density at radius 1 is 1.29 bits per heavy atom. The van der Waals surface area contributed by atoms with Gasteiger partial charge in [-0.25, -0.2) is 5.48 Å². The molecule has 1 amide bonds. The zero-order valence-electron chi connectivity index (χ0n) is 12.5. The molecule has 0 saturated carbocycles. The molecule has 0 aromatic heterocycles. The van der Waals surface area contributed by atoms with Crippen LogP contribution in [0.5, 0.6) is 5.75 Å². The third kappa shape index (κ3) is 5.47. The maximum Gasteiger partial charge on any atom is 0.259 e. The van der Waals surface area contributed by atoms with Crippen LogP contribution in [-0.2, 0) is 15.6 Å². The number of carbonyl (C=O) groups is 1. The molecule has 1 rings (SSSR count). The Kier molecular flexibility index (Phi) is 8.00. The van der Waals surface area contributed by atoms with E-state index in [9.17, 15) is 9.00 Å². The van der Waals surface area contributed by atoms with E-state index in [1.807, 2.05) is 0 Å². The molecule has 2 atom stereocenters. The van der Waals surface area contributed by atoms with Crippen LogP contribution in [-0.4, -0.2) is 27.7 Å². The Morgan fingerprint density at radius 3 is 2.48 bits per heavy atom. The second-order valence-electron chi connectivity index (χ2n) is 4.79.